The monoisotopic (exact) mass is 255 g/mol. The Morgan fingerprint density at radius 1 is 1.41 bits per heavy atom. The van der Waals surface area contributed by atoms with Crippen LogP contribution in [-0.2, 0) is 4.79 Å². The molecule has 0 aromatic carbocycles. The van der Waals surface area contributed by atoms with Gasteiger partial charge in [0.05, 0.1) is 5.92 Å². The summed E-state index contributed by atoms with van der Waals surface area (Å²) >= 11 is 4.16. The van der Waals surface area contributed by atoms with Gasteiger partial charge in [0.2, 0.25) is 5.91 Å². The summed E-state index contributed by atoms with van der Waals surface area (Å²) in [5, 5.41) is 2.96. The average Bonchev–Trinajstić information content (AvgIpc) is 2.34. The lowest BCUT2D eigenvalue weighted by molar-refractivity contribution is -0.136. The molecule has 0 aromatic heterocycles. The smallest absolute Gasteiger partial charge is 0.324 e. The number of nitrogens with zero attached hydrogens (tertiary/aromatic N) is 1. The highest BCUT2D eigenvalue weighted by molar-refractivity contribution is 7.80. The van der Waals surface area contributed by atoms with E-state index < -0.39 is 0 Å². The first-order chi connectivity index (χ1) is 8.13. The van der Waals surface area contributed by atoms with Crippen molar-refractivity contribution >= 4 is 24.6 Å². The number of nitrogens with one attached hydrogen (secondary N) is 1. The molecule has 0 bridgehead atoms. The molecule has 2 aliphatic rings. The fourth-order valence-electron chi connectivity index (χ4n) is 2.61. The fraction of sp³-hybridized carbons (Fsp3) is 0.750. The van der Waals surface area contributed by atoms with Crippen molar-refractivity contribution in [3.05, 3.63) is 5.92 Å². The maximum atomic E-state index is 12.2. The first-order valence-corrected chi connectivity index (χ1v) is 6.80. The molecule has 1 aliphatic heterocycles. The minimum atomic E-state index is -0.237. The van der Waals surface area contributed by atoms with Gasteiger partial charge in [-0.1, -0.05) is 19.8 Å². The molecule has 1 radical (unpaired) electrons. The average molecular weight is 255 g/mol. The molecule has 4 nitrogen and oxygen atoms in total. The summed E-state index contributed by atoms with van der Waals surface area (Å²) in [4.78, 5) is 25.5. The lowest BCUT2D eigenvalue weighted by Crippen LogP contribution is -2.61. The quantitative estimate of drug-likeness (QED) is 0.753. The minimum absolute atomic E-state index is 0.000386. The lowest BCUT2D eigenvalue weighted by Gasteiger charge is -2.40. The Balaban J connectivity index is 2.07. The zero-order chi connectivity index (χ0) is 12.4. The Kier molecular flexibility index (Phi) is 3.97. The number of hydrogen-bond acceptors (Lipinski definition) is 3. The molecule has 1 heterocycles. The maximum absolute atomic E-state index is 12.2. The summed E-state index contributed by atoms with van der Waals surface area (Å²) in [7, 11) is 0. The van der Waals surface area contributed by atoms with Crippen molar-refractivity contribution in [2.75, 3.05) is 12.3 Å². The van der Waals surface area contributed by atoms with Gasteiger partial charge in [0.25, 0.3) is 0 Å². The van der Waals surface area contributed by atoms with Crippen LogP contribution < -0.4 is 5.32 Å². The van der Waals surface area contributed by atoms with Gasteiger partial charge in [-0.25, -0.2) is 4.79 Å². The number of thiol groups is 1. The van der Waals surface area contributed by atoms with Gasteiger partial charge in [0.15, 0.2) is 0 Å². The summed E-state index contributed by atoms with van der Waals surface area (Å²) in [5.41, 5.74) is 0. The van der Waals surface area contributed by atoms with Crippen molar-refractivity contribution < 1.29 is 9.59 Å². The van der Waals surface area contributed by atoms with E-state index >= 15 is 0 Å². The molecule has 3 amide bonds. The summed E-state index contributed by atoms with van der Waals surface area (Å²) in [6.45, 7) is 2.32. The van der Waals surface area contributed by atoms with Crippen LogP contribution in [0.2, 0.25) is 0 Å². The molecular formula is C12H19N2O2S. The number of fused-ring (bicyclic) bond motifs is 1. The molecule has 1 N–H and O–H groups in total. The summed E-state index contributed by atoms with van der Waals surface area (Å²) in [5.74, 6) is 1.63. The van der Waals surface area contributed by atoms with E-state index in [-0.39, 0.29) is 23.9 Å². The zero-order valence-corrected chi connectivity index (χ0v) is 11.0. The summed E-state index contributed by atoms with van der Waals surface area (Å²) < 4.78 is 0. The molecule has 1 saturated heterocycles. The third-order valence-corrected chi connectivity index (χ3v) is 4.14. The standard InChI is InChI=1S/C12H19N2O2S/c1-8(7-17)6-14-11(15)9-4-2-3-5-10(9)13-12(14)16/h9-10,17H,2-7H2,1H3,(H,13,16). The number of amides is 3. The highest BCUT2D eigenvalue weighted by atomic mass is 32.1. The molecule has 2 rings (SSSR count). The van der Waals surface area contributed by atoms with E-state index in [1.165, 1.54) is 4.90 Å². The number of carbonyl (C=O) groups is 2. The van der Waals surface area contributed by atoms with E-state index in [1.807, 2.05) is 6.92 Å². The van der Waals surface area contributed by atoms with Crippen molar-refractivity contribution in [1.82, 2.24) is 10.2 Å². The maximum Gasteiger partial charge on any atom is 0.324 e. The molecule has 5 heteroatoms. The van der Waals surface area contributed by atoms with E-state index in [0.717, 1.165) is 31.6 Å². The highest BCUT2D eigenvalue weighted by Gasteiger charge is 2.41. The first-order valence-electron chi connectivity index (χ1n) is 6.17. The molecule has 2 atom stereocenters. The van der Waals surface area contributed by atoms with Gasteiger partial charge in [0, 0.05) is 18.5 Å². The number of rotatable bonds is 3. The van der Waals surface area contributed by atoms with E-state index in [1.54, 1.807) is 0 Å². The molecule has 17 heavy (non-hydrogen) atoms. The molecule has 0 spiro atoms. The predicted octanol–water partition coefficient (Wildman–Crippen LogP) is 1.62. The van der Waals surface area contributed by atoms with Crippen LogP contribution in [-0.4, -0.2) is 35.2 Å². The number of carbonyl (C=O) groups excluding carboxylic acids is 2. The van der Waals surface area contributed by atoms with Crippen LogP contribution >= 0.6 is 12.6 Å². The molecule has 95 valence electrons. The molecular weight excluding hydrogens is 236 g/mol. The van der Waals surface area contributed by atoms with Crippen LogP contribution in [0.4, 0.5) is 4.79 Å². The van der Waals surface area contributed by atoms with Crippen LogP contribution in [0.15, 0.2) is 0 Å². The van der Waals surface area contributed by atoms with Crippen molar-refractivity contribution in [1.29, 1.82) is 0 Å². The topological polar surface area (TPSA) is 49.4 Å². The van der Waals surface area contributed by atoms with Crippen molar-refractivity contribution in [2.45, 2.75) is 38.6 Å². The van der Waals surface area contributed by atoms with Gasteiger partial charge in [-0.3, -0.25) is 9.69 Å². The largest absolute Gasteiger partial charge is 0.334 e. The second-order valence-electron chi connectivity index (χ2n) is 4.99. The third-order valence-electron chi connectivity index (χ3n) is 3.60. The van der Waals surface area contributed by atoms with Gasteiger partial charge < -0.3 is 5.32 Å². The second kappa shape index (κ2) is 5.29. The van der Waals surface area contributed by atoms with Gasteiger partial charge in [0.1, 0.15) is 0 Å². The highest BCUT2D eigenvalue weighted by Crippen LogP contribution is 2.29. The molecule has 2 unspecified atom stereocenters. The van der Waals surface area contributed by atoms with Crippen molar-refractivity contribution in [2.24, 2.45) is 5.92 Å². The first kappa shape index (κ1) is 12.7. The van der Waals surface area contributed by atoms with Gasteiger partial charge in [-0.15, -0.1) is 0 Å². The molecule has 1 saturated carbocycles. The summed E-state index contributed by atoms with van der Waals surface area (Å²) in [6.07, 6.45) is 4.04. The third kappa shape index (κ3) is 2.59. The predicted molar refractivity (Wildman–Crippen MR) is 68.8 cm³/mol. The lowest BCUT2D eigenvalue weighted by atomic mass is 9.82. The molecule has 0 aromatic rings. The zero-order valence-electron chi connectivity index (χ0n) is 10.1. The Bertz CT molecular complexity index is 322. The van der Waals surface area contributed by atoms with E-state index in [9.17, 15) is 9.59 Å². The Morgan fingerprint density at radius 3 is 2.82 bits per heavy atom. The van der Waals surface area contributed by atoms with Crippen LogP contribution in [0.25, 0.3) is 0 Å². The van der Waals surface area contributed by atoms with E-state index in [4.69, 9.17) is 0 Å². The van der Waals surface area contributed by atoms with Crippen molar-refractivity contribution in [3.63, 3.8) is 0 Å². The number of urea groups is 1. The van der Waals surface area contributed by atoms with Crippen LogP contribution in [0.1, 0.15) is 32.6 Å². The minimum Gasteiger partial charge on any atom is -0.334 e. The van der Waals surface area contributed by atoms with E-state index in [2.05, 4.69) is 17.9 Å². The van der Waals surface area contributed by atoms with Crippen LogP contribution in [0.5, 0.6) is 0 Å². The summed E-state index contributed by atoms with van der Waals surface area (Å²) in [6, 6.07) is -0.171. The normalized spacial score (nSPS) is 29.2. The SMILES string of the molecule is C[C](CS)CN1C(=O)NC2CCCCC2C1=O. The number of imide groups is 1. The van der Waals surface area contributed by atoms with Gasteiger partial charge >= 0.3 is 6.03 Å². The van der Waals surface area contributed by atoms with E-state index in [0.29, 0.717) is 12.3 Å². The fourth-order valence-corrected chi connectivity index (χ4v) is 2.71. The van der Waals surface area contributed by atoms with Crippen molar-refractivity contribution in [3.8, 4) is 0 Å². The molecule has 2 fully saturated rings. The Hall–Kier alpha value is -0.710. The second-order valence-corrected chi connectivity index (χ2v) is 5.30. The van der Waals surface area contributed by atoms with Gasteiger partial charge in [-0.2, -0.15) is 12.6 Å². The van der Waals surface area contributed by atoms with Crippen LogP contribution in [0.3, 0.4) is 0 Å². The van der Waals surface area contributed by atoms with Crippen LogP contribution in [0, 0.1) is 11.8 Å². The Morgan fingerprint density at radius 2 is 2.12 bits per heavy atom. The molecule has 1 aliphatic carbocycles. The Labute approximate surface area is 108 Å². The van der Waals surface area contributed by atoms with Gasteiger partial charge in [-0.05, 0) is 18.6 Å². The number of hydrogen-bond donors (Lipinski definition) is 2.